The van der Waals surface area contributed by atoms with Gasteiger partial charge in [-0.2, -0.15) is 0 Å². The Bertz CT molecular complexity index is 632. The van der Waals surface area contributed by atoms with Crippen molar-refractivity contribution in [2.24, 2.45) is 0 Å². The van der Waals surface area contributed by atoms with Crippen molar-refractivity contribution in [3.8, 4) is 5.75 Å². The van der Waals surface area contributed by atoms with Gasteiger partial charge in [0.15, 0.2) is 0 Å². The number of carbonyl (C=O) groups is 2. The summed E-state index contributed by atoms with van der Waals surface area (Å²) >= 11 is 0. The maximum absolute atomic E-state index is 12.0. The lowest BCUT2D eigenvalue weighted by molar-refractivity contribution is 0.0696. The Kier molecular flexibility index (Phi) is 5.07. The van der Waals surface area contributed by atoms with Gasteiger partial charge in [0.25, 0.3) is 0 Å². The van der Waals surface area contributed by atoms with Crippen LogP contribution in [0.15, 0.2) is 48.5 Å². The van der Waals surface area contributed by atoms with E-state index < -0.39 is 11.9 Å². The summed E-state index contributed by atoms with van der Waals surface area (Å²) in [6.07, 6.45) is 1.91. The molecule has 0 aliphatic carbocycles. The Balaban J connectivity index is 2.05. The molecule has 1 atom stereocenters. The SMILES string of the molecule is O=C(O)c1ccc(OC(=O)c2ccc(CCP)cc2)cc1. The minimum atomic E-state index is -1.02. The molecule has 1 N–H and O–H groups in total. The van der Waals surface area contributed by atoms with Crippen molar-refractivity contribution < 1.29 is 19.4 Å². The molecule has 2 aromatic carbocycles. The largest absolute Gasteiger partial charge is 0.478 e. The van der Waals surface area contributed by atoms with Crippen LogP contribution in [-0.4, -0.2) is 23.2 Å². The van der Waals surface area contributed by atoms with E-state index in [9.17, 15) is 9.59 Å². The van der Waals surface area contributed by atoms with E-state index in [4.69, 9.17) is 9.84 Å². The third-order valence-electron chi connectivity index (χ3n) is 2.93. The van der Waals surface area contributed by atoms with Crippen LogP contribution in [-0.2, 0) is 6.42 Å². The second kappa shape index (κ2) is 7.00. The van der Waals surface area contributed by atoms with Gasteiger partial charge in [0.2, 0.25) is 0 Å². The average Bonchev–Trinajstić information content (AvgIpc) is 2.49. The summed E-state index contributed by atoms with van der Waals surface area (Å²) in [6, 6.07) is 13.0. The van der Waals surface area contributed by atoms with Crippen molar-refractivity contribution in [2.75, 3.05) is 6.16 Å². The summed E-state index contributed by atoms with van der Waals surface area (Å²) in [5.41, 5.74) is 1.77. The molecule has 0 saturated carbocycles. The van der Waals surface area contributed by atoms with Gasteiger partial charge in [-0.15, -0.1) is 9.24 Å². The normalized spacial score (nSPS) is 10.1. The van der Waals surface area contributed by atoms with Gasteiger partial charge in [-0.05, 0) is 54.5 Å². The molecule has 0 saturated heterocycles. The topological polar surface area (TPSA) is 63.6 Å². The fraction of sp³-hybridized carbons (Fsp3) is 0.125. The molecule has 0 aromatic heterocycles. The Labute approximate surface area is 125 Å². The summed E-state index contributed by atoms with van der Waals surface area (Å²) in [6.45, 7) is 0. The molecule has 21 heavy (non-hydrogen) atoms. The first-order chi connectivity index (χ1) is 10.1. The van der Waals surface area contributed by atoms with Crippen molar-refractivity contribution in [1.82, 2.24) is 0 Å². The monoisotopic (exact) mass is 302 g/mol. The number of hydrogen-bond acceptors (Lipinski definition) is 3. The van der Waals surface area contributed by atoms with Crippen molar-refractivity contribution in [3.05, 3.63) is 65.2 Å². The molecule has 0 amide bonds. The Hall–Kier alpha value is -2.19. The molecule has 5 heteroatoms. The summed E-state index contributed by atoms with van der Waals surface area (Å²) < 4.78 is 5.20. The van der Waals surface area contributed by atoms with Crippen LogP contribution >= 0.6 is 9.24 Å². The number of carboxylic acids is 1. The van der Waals surface area contributed by atoms with Gasteiger partial charge >= 0.3 is 11.9 Å². The number of esters is 1. The van der Waals surface area contributed by atoms with Crippen LogP contribution in [0.4, 0.5) is 0 Å². The van der Waals surface area contributed by atoms with E-state index in [0.29, 0.717) is 11.3 Å². The van der Waals surface area contributed by atoms with Crippen molar-refractivity contribution in [2.45, 2.75) is 6.42 Å². The maximum atomic E-state index is 12.0. The van der Waals surface area contributed by atoms with E-state index in [1.165, 1.54) is 24.3 Å². The van der Waals surface area contributed by atoms with Crippen LogP contribution < -0.4 is 4.74 Å². The van der Waals surface area contributed by atoms with Crippen LogP contribution in [0.3, 0.4) is 0 Å². The van der Waals surface area contributed by atoms with Gasteiger partial charge in [0, 0.05) is 0 Å². The summed E-state index contributed by atoms with van der Waals surface area (Å²) in [7, 11) is 2.66. The number of hydrogen-bond donors (Lipinski definition) is 1. The van der Waals surface area contributed by atoms with Gasteiger partial charge < -0.3 is 9.84 Å². The van der Waals surface area contributed by atoms with E-state index >= 15 is 0 Å². The van der Waals surface area contributed by atoms with Crippen LogP contribution in [0.2, 0.25) is 0 Å². The molecule has 4 nitrogen and oxygen atoms in total. The lowest BCUT2D eigenvalue weighted by atomic mass is 10.1. The maximum Gasteiger partial charge on any atom is 0.343 e. The Morgan fingerprint density at radius 3 is 2.05 bits per heavy atom. The van der Waals surface area contributed by atoms with Crippen LogP contribution in [0.25, 0.3) is 0 Å². The molecule has 108 valence electrons. The van der Waals surface area contributed by atoms with Gasteiger partial charge in [0.1, 0.15) is 5.75 Å². The van der Waals surface area contributed by atoms with Crippen molar-refractivity contribution >= 4 is 21.2 Å². The highest BCUT2D eigenvalue weighted by atomic mass is 31.0. The van der Waals surface area contributed by atoms with Crippen LogP contribution in [0, 0.1) is 0 Å². The zero-order valence-corrected chi connectivity index (χ0v) is 12.4. The summed E-state index contributed by atoms with van der Waals surface area (Å²) in [5, 5.41) is 8.80. The number of rotatable bonds is 5. The lowest BCUT2D eigenvalue weighted by Crippen LogP contribution is -2.08. The first kappa shape index (κ1) is 15.2. The number of carboxylic acid groups (broad SMARTS) is 1. The number of ether oxygens (including phenoxy) is 1. The molecular weight excluding hydrogens is 287 g/mol. The molecule has 1 unspecified atom stereocenters. The predicted molar refractivity (Wildman–Crippen MR) is 83.1 cm³/mol. The highest BCUT2D eigenvalue weighted by molar-refractivity contribution is 7.16. The second-order valence-corrected chi connectivity index (χ2v) is 5.03. The summed E-state index contributed by atoms with van der Waals surface area (Å²) in [5.74, 6) is -1.16. The molecule has 0 aliphatic heterocycles. The molecule has 0 fully saturated rings. The van der Waals surface area contributed by atoms with Crippen molar-refractivity contribution in [1.29, 1.82) is 0 Å². The number of benzene rings is 2. The smallest absolute Gasteiger partial charge is 0.343 e. The highest BCUT2D eigenvalue weighted by Gasteiger charge is 2.09. The van der Waals surface area contributed by atoms with Gasteiger partial charge in [-0.1, -0.05) is 12.1 Å². The van der Waals surface area contributed by atoms with E-state index in [2.05, 4.69) is 9.24 Å². The van der Waals surface area contributed by atoms with E-state index in [-0.39, 0.29) is 5.56 Å². The standard InChI is InChI=1S/C16H15O4P/c17-15(18)12-5-7-14(8-6-12)20-16(19)13-3-1-11(2-4-13)9-10-21/h1-8H,9-10,21H2,(H,17,18). The first-order valence-electron chi connectivity index (χ1n) is 6.44. The van der Waals surface area contributed by atoms with Gasteiger partial charge in [-0.25, -0.2) is 9.59 Å². The third kappa shape index (κ3) is 4.14. The predicted octanol–water partition coefficient (Wildman–Crippen LogP) is 3.02. The number of aryl methyl sites for hydroxylation is 1. The third-order valence-corrected chi connectivity index (χ3v) is 3.22. The Morgan fingerprint density at radius 1 is 0.952 bits per heavy atom. The van der Waals surface area contributed by atoms with E-state index in [0.717, 1.165) is 18.1 Å². The van der Waals surface area contributed by atoms with E-state index in [1.807, 2.05) is 12.1 Å². The van der Waals surface area contributed by atoms with Gasteiger partial charge in [-0.3, -0.25) is 0 Å². The fourth-order valence-corrected chi connectivity index (χ4v) is 2.14. The highest BCUT2D eigenvalue weighted by Crippen LogP contribution is 2.15. The Morgan fingerprint density at radius 2 is 1.52 bits per heavy atom. The molecular formula is C16H15O4P. The number of aromatic carboxylic acids is 1. The molecule has 0 bridgehead atoms. The second-order valence-electron chi connectivity index (χ2n) is 4.45. The lowest BCUT2D eigenvalue weighted by Gasteiger charge is -2.05. The molecule has 0 heterocycles. The fourth-order valence-electron chi connectivity index (χ4n) is 1.81. The molecule has 0 spiro atoms. The molecule has 0 radical (unpaired) electrons. The van der Waals surface area contributed by atoms with Crippen LogP contribution in [0.5, 0.6) is 5.75 Å². The minimum Gasteiger partial charge on any atom is -0.478 e. The first-order valence-corrected chi connectivity index (χ1v) is 7.26. The zero-order chi connectivity index (χ0) is 15.2. The van der Waals surface area contributed by atoms with Crippen molar-refractivity contribution in [3.63, 3.8) is 0 Å². The van der Waals surface area contributed by atoms with Crippen LogP contribution in [0.1, 0.15) is 26.3 Å². The zero-order valence-electron chi connectivity index (χ0n) is 11.3. The summed E-state index contributed by atoms with van der Waals surface area (Å²) in [4.78, 5) is 22.7. The minimum absolute atomic E-state index is 0.150. The van der Waals surface area contributed by atoms with Gasteiger partial charge in [0.05, 0.1) is 11.1 Å². The molecule has 2 aromatic rings. The quantitative estimate of drug-likeness (QED) is 0.524. The molecule has 2 rings (SSSR count). The van der Waals surface area contributed by atoms with E-state index in [1.54, 1.807) is 12.1 Å². The average molecular weight is 302 g/mol. The number of carbonyl (C=O) groups excluding carboxylic acids is 1. The molecule has 0 aliphatic rings.